The van der Waals surface area contributed by atoms with E-state index in [-0.39, 0.29) is 6.09 Å². The molecule has 1 aliphatic rings. The molecular weight excluding hydrogens is 248 g/mol. The van der Waals surface area contributed by atoms with Crippen molar-refractivity contribution in [2.24, 2.45) is 0 Å². The van der Waals surface area contributed by atoms with Crippen LogP contribution in [0, 0.1) is 0 Å². The van der Waals surface area contributed by atoms with Crippen LogP contribution in [-0.2, 0) is 14.2 Å². The maximum Gasteiger partial charge on any atom is 0.409 e. The highest BCUT2D eigenvalue weighted by Crippen LogP contribution is 2.11. The molecule has 6 heteroatoms. The molecule has 1 fully saturated rings. The summed E-state index contributed by atoms with van der Waals surface area (Å²) < 4.78 is 15.3. The number of likely N-dealkylation sites (tertiary alicyclic amines) is 1. The van der Waals surface area contributed by atoms with Gasteiger partial charge in [-0.25, -0.2) is 4.79 Å². The number of amides is 1. The minimum absolute atomic E-state index is 0.191. The van der Waals surface area contributed by atoms with Gasteiger partial charge in [0.25, 0.3) is 0 Å². The highest BCUT2D eigenvalue weighted by atomic mass is 16.6. The van der Waals surface area contributed by atoms with Crippen LogP contribution in [0.5, 0.6) is 0 Å². The fourth-order valence-corrected chi connectivity index (χ4v) is 2.06. The zero-order valence-corrected chi connectivity index (χ0v) is 12.0. The fourth-order valence-electron chi connectivity index (χ4n) is 2.06. The smallest absolute Gasteiger partial charge is 0.409 e. The van der Waals surface area contributed by atoms with E-state index in [4.69, 9.17) is 14.2 Å². The highest BCUT2D eigenvalue weighted by Gasteiger charge is 2.22. The van der Waals surface area contributed by atoms with Gasteiger partial charge in [0, 0.05) is 32.8 Å². The summed E-state index contributed by atoms with van der Waals surface area (Å²) >= 11 is 0. The highest BCUT2D eigenvalue weighted by molar-refractivity contribution is 5.67. The average Bonchev–Trinajstić information content (AvgIpc) is 2.43. The van der Waals surface area contributed by atoms with Crippen molar-refractivity contribution in [3.05, 3.63) is 0 Å². The first-order valence-corrected chi connectivity index (χ1v) is 6.99. The van der Waals surface area contributed by atoms with Crippen LogP contribution in [0.4, 0.5) is 4.79 Å². The molecule has 1 rings (SSSR count). The van der Waals surface area contributed by atoms with E-state index in [0.29, 0.717) is 32.5 Å². The molecule has 0 aromatic rings. The summed E-state index contributed by atoms with van der Waals surface area (Å²) in [5, 5.41) is 3.45. The Bertz CT molecular complexity index is 243. The third kappa shape index (κ3) is 6.75. The van der Waals surface area contributed by atoms with Crippen molar-refractivity contribution in [2.75, 3.05) is 53.2 Å². The Morgan fingerprint density at radius 3 is 2.63 bits per heavy atom. The first-order valence-electron chi connectivity index (χ1n) is 6.99. The fraction of sp³-hybridized carbons (Fsp3) is 0.923. The summed E-state index contributed by atoms with van der Waals surface area (Å²) in [5.41, 5.74) is 0. The van der Waals surface area contributed by atoms with Crippen LogP contribution in [0.3, 0.4) is 0 Å². The molecule has 0 aromatic heterocycles. The molecule has 1 amide bonds. The Kier molecular flexibility index (Phi) is 8.53. The van der Waals surface area contributed by atoms with E-state index < -0.39 is 0 Å². The SMILES string of the molecule is CCOC(=O)N1CCC(NCCOCCOC)CC1. The zero-order valence-electron chi connectivity index (χ0n) is 12.0. The summed E-state index contributed by atoms with van der Waals surface area (Å²) in [6, 6.07) is 0.469. The van der Waals surface area contributed by atoms with Gasteiger partial charge in [-0.05, 0) is 19.8 Å². The summed E-state index contributed by atoms with van der Waals surface area (Å²) in [7, 11) is 1.67. The number of hydrogen-bond donors (Lipinski definition) is 1. The Morgan fingerprint density at radius 2 is 2.00 bits per heavy atom. The van der Waals surface area contributed by atoms with Crippen molar-refractivity contribution < 1.29 is 19.0 Å². The van der Waals surface area contributed by atoms with Gasteiger partial charge < -0.3 is 24.4 Å². The van der Waals surface area contributed by atoms with Crippen molar-refractivity contribution in [3.8, 4) is 0 Å². The molecule has 1 aliphatic heterocycles. The lowest BCUT2D eigenvalue weighted by Crippen LogP contribution is -2.45. The van der Waals surface area contributed by atoms with Crippen molar-refractivity contribution in [3.63, 3.8) is 0 Å². The number of ether oxygens (including phenoxy) is 3. The van der Waals surface area contributed by atoms with Gasteiger partial charge in [-0.1, -0.05) is 0 Å². The van der Waals surface area contributed by atoms with Gasteiger partial charge in [-0.2, -0.15) is 0 Å². The Labute approximate surface area is 115 Å². The molecule has 0 aliphatic carbocycles. The standard InChI is InChI=1S/C13H26N2O4/c1-3-19-13(16)15-7-4-12(5-8-15)14-6-9-18-11-10-17-2/h12,14H,3-11H2,1-2H3. The second-order valence-electron chi connectivity index (χ2n) is 4.52. The van der Waals surface area contributed by atoms with Crippen LogP contribution in [0.25, 0.3) is 0 Å². The largest absolute Gasteiger partial charge is 0.450 e. The van der Waals surface area contributed by atoms with Gasteiger partial charge in [-0.15, -0.1) is 0 Å². The van der Waals surface area contributed by atoms with E-state index in [1.165, 1.54) is 0 Å². The van der Waals surface area contributed by atoms with Crippen molar-refractivity contribution >= 4 is 6.09 Å². The lowest BCUT2D eigenvalue weighted by molar-refractivity contribution is 0.0686. The van der Waals surface area contributed by atoms with Gasteiger partial charge in [0.2, 0.25) is 0 Å². The van der Waals surface area contributed by atoms with E-state index in [2.05, 4.69) is 5.32 Å². The molecule has 19 heavy (non-hydrogen) atoms. The number of nitrogens with zero attached hydrogens (tertiary/aromatic N) is 1. The van der Waals surface area contributed by atoms with Gasteiger partial charge >= 0.3 is 6.09 Å². The second kappa shape index (κ2) is 10.00. The molecule has 0 saturated carbocycles. The lowest BCUT2D eigenvalue weighted by Gasteiger charge is -2.31. The van der Waals surface area contributed by atoms with Crippen molar-refractivity contribution in [1.82, 2.24) is 10.2 Å². The molecule has 6 nitrogen and oxygen atoms in total. The average molecular weight is 274 g/mol. The molecule has 112 valence electrons. The molecule has 0 aromatic carbocycles. The first kappa shape index (κ1) is 16.2. The minimum Gasteiger partial charge on any atom is -0.450 e. The summed E-state index contributed by atoms with van der Waals surface area (Å²) in [4.78, 5) is 13.3. The van der Waals surface area contributed by atoms with Crippen LogP contribution < -0.4 is 5.32 Å². The molecule has 1 N–H and O–H groups in total. The van der Waals surface area contributed by atoms with Crippen LogP contribution in [0.1, 0.15) is 19.8 Å². The second-order valence-corrected chi connectivity index (χ2v) is 4.52. The normalized spacial score (nSPS) is 16.6. The number of rotatable bonds is 8. The molecule has 0 radical (unpaired) electrons. The van der Waals surface area contributed by atoms with Crippen LogP contribution >= 0.6 is 0 Å². The van der Waals surface area contributed by atoms with Crippen molar-refractivity contribution in [1.29, 1.82) is 0 Å². The van der Waals surface area contributed by atoms with E-state index in [1.807, 2.05) is 6.92 Å². The van der Waals surface area contributed by atoms with Crippen LogP contribution in [-0.4, -0.2) is 70.2 Å². The topological polar surface area (TPSA) is 60.0 Å². The Hall–Kier alpha value is -0.850. The maximum absolute atomic E-state index is 11.5. The summed E-state index contributed by atoms with van der Waals surface area (Å²) in [5.74, 6) is 0. The molecule has 0 spiro atoms. The number of carbonyl (C=O) groups excluding carboxylic acids is 1. The summed E-state index contributed by atoms with van der Waals surface area (Å²) in [6.07, 6.45) is 1.75. The minimum atomic E-state index is -0.191. The first-order chi connectivity index (χ1) is 9.27. The van der Waals surface area contributed by atoms with Gasteiger partial charge in [-0.3, -0.25) is 0 Å². The Balaban J connectivity index is 2.02. The quantitative estimate of drug-likeness (QED) is 0.665. The molecule has 0 bridgehead atoms. The number of piperidine rings is 1. The van der Waals surface area contributed by atoms with E-state index >= 15 is 0 Å². The monoisotopic (exact) mass is 274 g/mol. The number of nitrogens with one attached hydrogen (secondary N) is 1. The lowest BCUT2D eigenvalue weighted by atomic mass is 10.1. The molecule has 0 atom stereocenters. The van der Waals surface area contributed by atoms with E-state index in [0.717, 1.165) is 32.5 Å². The van der Waals surface area contributed by atoms with E-state index in [9.17, 15) is 4.79 Å². The predicted molar refractivity (Wildman–Crippen MR) is 72.3 cm³/mol. The van der Waals surface area contributed by atoms with E-state index in [1.54, 1.807) is 12.0 Å². The van der Waals surface area contributed by atoms with Gasteiger partial charge in [0.15, 0.2) is 0 Å². The predicted octanol–water partition coefficient (Wildman–Crippen LogP) is 0.860. The molecule has 1 saturated heterocycles. The van der Waals surface area contributed by atoms with Crippen LogP contribution in [0.15, 0.2) is 0 Å². The maximum atomic E-state index is 11.5. The molecule has 0 unspecified atom stereocenters. The van der Waals surface area contributed by atoms with Crippen LogP contribution in [0.2, 0.25) is 0 Å². The van der Waals surface area contributed by atoms with Gasteiger partial charge in [0.05, 0.1) is 26.4 Å². The van der Waals surface area contributed by atoms with Gasteiger partial charge in [0.1, 0.15) is 0 Å². The zero-order chi connectivity index (χ0) is 13.9. The summed E-state index contributed by atoms with van der Waals surface area (Å²) in [6.45, 7) is 6.61. The van der Waals surface area contributed by atoms with Crippen molar-refractivity contribution in [2.45, 2.75) is 25.8 Å². The number of methoxy groups -OCH3 is 1. The third-order valence-corrected chi connectivity index (χ3v) is 3.13. The molecular formula is C13H26N2O4. The number of carbonyl (C=O) groups is 1. The molecule has 1 heterocycles. The number of hydrogen-bond acceptors (Lipinski definition) is 5. The Morgan fingerprint density at radius 1 is 1.26 bits per heavy atom. The third-order valence-electron chi connectivity index (χ3n) is 3.13.